The van der Waals surface area contributed by atoms with Crippen molar-refractivity contribution in [1.29, 1.82) is 0 Å². The van der Waals surface area contributed by atoms with Crippen molar-refractivity contribution in [1.82, 2.24) is 35.5 Å². The summed E-state index contributed by atoms with van der Waals surface area (Å²) in [5, 5.41) is 15.1. The molecule has 2 saturated heterocycles. The Hall–Kier alpha value is -4.13. The summed E-state index contributed by atoms with van der Waals surface area (Å²) >= 11 is 0. The van der Waals surface area contributed by atoms with E-state index in [9.17, 15) is 14.0 Å². The maximum absolute atomic E-state index is 14.4. The highest BCUT2D eigenvalue weighted by Crippen LogP contribution is 2.45. The molecule has 48 heavy (non-hydrogen) atoms. The van der Waals surface area contributed by atoms with Gasteiger partial charge in [-0.25, -0.2) is 9.37 Å². The molecule has 2 aliphatic heterocycles. The van der Waals surface area contributed by atoms with E-state index < -0.39 is 5.82 Å². The van der Waals surface area contributed by atoms with Crippen molar-refractivity contribution in [2.24, 2.45) is 11.3 Å². The third-order valence-electron chi connectivity index (χ3n) is 10.4. The molecule has 0 bridgehead atoms. The number of carbonyl (C=O) groups is 2. The number of aromatic nitrogens is 4. The minimum absolute atomic E-state index is 0.0740. The predicted molar refractivity (Wildman–Crippen MR) is 177 cm³/mol. The number of nitrogens with one attached hydrogen (secondary N) is 1. The highest BCUT2D eigenvalue weighted by Gasteiger charge is 2.39. The van der Waals surface area contributed by atoms with Crippen molar-refractivity contribution in [3.63, 3.8) is 0 Å². The van der Waals surface area contributed by atoms with Crippen LogP contribution in [0.4, 0.5) is 10.2 Å². The molecule has 12 nitrogen and oxygen atoms in total. The molecule has 4 heterocycles. The molecule has 2 amide bonds. The summed E-state index contributed by atoms with van der Waals surface area (Å²) in [5.74, 6) is 0.495. The van der Waals surface area contributed by atoms with E-state index in [2.05, 4.69) is 35.5 Å². The zero-order valence-electron chi connectivity index (χ0n) is 28.4. The lowest BCUT2D eigenvalue weighted by Gasteiger charge is -2.46. The number of ether oxygens (including phenoxy) is 1. The Balaban J connectivity index is 1.03. The smallest absolute Gasteiger partial charge is 0.282 e. The largest absolute Gasteiger partial charge is 0.434 e. The molecular weight excluding hydrogens is 615 g/mol. The van der Waals surface area contributed by atoms with Gasteiger partial charge in [-0.2, -0.15) is 0 Å². The van der Waals surface area contributed by atoms with Gasteiger partial charge in [0.25, 0.3) is 17.7 Å². The first-order chi connectivity index (χ1) is 23.1. The minimum Gasteiger partial charge on any atom is -0.434 e. The van der Waals surface area contributed by atoms with Crippen LogP contribution in [0, 0.1) is 17.2 Å². The van der Waals surface area contributed by atoms with E-state index in [-0.39, 0.29) is 47.1 Å². The Morgan fingerprint density at radius 3 is 2.50 bits per heavy atom. The van der Waals surface area contributed by atoms with Crippen LogP contribution in [0.1, 0.15) is 93.5 Å². The van der Waals surface area contributed by atoms with Gasteiger partial charge in [0.2, 0.25) is 0 Å². The van der Waals surface area contributed by atoms with Crippen LogP contribution >= 0.6 is 0 Å². The zero-order chi connectivity index (χ0) is 33.8. The van der Waals surface area contributed by atoms with Crippen LogP contribution in [0.15, 0.2) is 41.4 Å². The Labute approximate surface area is 281 Å². The standard InChI is InChI=1S/C35H47FN8O4/c1-23(2)44(24(3)4)34(46)28-19-26(36)5-6-30(28)48-33-31(37-22-38-40-33)43-15-9-25(21-43)20-42-16-13-35(14-17-42)11-7-27(8-12-35)39-32(45)29-10-18-47-41-29/h5-6,10,18-19,22-25,27H,7-9,11-17,20-21H2,1-4H3,(H,39,45)/t25-/m0/s1. The lowest BCUT2D eigenvalue weighted by Crippen LogP contribution is -2.46. The number of carbonyl (C=O) groups excluding carboxylic acids is 2. The van der Waals surface area contributed by atoms with Gasteiger partial charge in [0.05, 0.1) is 5.56 Å². The van der Waals surface area contributed by atoms with Gasteiger partial charge < -0.3 is 29.3 Å². The SMILES string of the molecule is CC(C)N(C(=O)c1cc(F)ccc1Oc1nncnc1N1CC[C@@H](CN2CCC3(CCC(NC(=O)c4ccon4)CC3)CC2)C1)C(C)C. The highest BCUT2D eigenvalue weighted by atomic mass is 19.1. The van der Waals surface area contributed by atoms with Gasteiger partial charge in [-0.1, -0.05) is 5.16 Å². The Kier molecular flexibility index (Phi) is 10.2. The quantitative estimate of drug-likeness (QED) is 0.304. The summed E-state index contributed by atoms with van der Waals surface area (Å²) in [6.45, 7) is 12.6. The number of piperidine rings is 1. The fourth-order valence-corrected chi connectivity index (χ4v) is 7.82. The van der Waals surface area contributed by atoms with Crippen molar-refractivity contribution in [3.8, 4) is 11.6 Å². The lowest BCUT2D eigenvalue weighted by molar-refractivity contribution is 0.0510. The molecule has 1 aliphatic carbocycles. The summed E-state index contributed by atoms with van der Waals surface area (Å²) in [5.41, 5.74) is 0.845. The Morgan fingerprint density at radius 1 is 1.06 bits per heavy atom. The second-order valence-corrected chi connectivity index (χ2v) is 14.3. The molecule has 6 rings (SSSR count). The van der Waals surface area contributed by atoms with Crippen molar-refractivity contribution in [2.45, 2.75) is 90.8 Å². The monoisotopic (exact) mass is 662 g/mol. The number of halogens is 1. The number of hydrogen-bond donors (Lipinski definition) is 1. The van der Waals surface area contributed by atoms with E-state index in [0.29, 0.717) is 22.8 Å². The molecule has 0 radical (unpaired) electrons. The van der Waals surface area contributed by atoms with Gasteiger partial charge in [0.1, 0.15) is 24.2 Å². The molecule has 258 valence electrons. The first kappa shape index (κ1) is 33.8. The van der Waals surface area contributed by atoms with Crippen LogP contribution in [0.2, 0.25) is 0 Å². The Morgan fingerprint density at radius 2 is 1.81 bits per heavy atom. The summed E-state index contributed by atoms with van der Waals surface area (Å²) < 4.78 is 25.4. The van der Waals surface area contributed by atoms with Gasteiger partial charge in [0, 0.05) is 43.8 Å². The van der Waals surface area contributed by atoms with E-state index in [1.165, 1.54) is 43.6 Å². The lowest BCUT2D eigenvalue weighted by atomic mass is 9.67. The summed E-state index contributed by atoms with van der Waals surface area (Å²) in [6.07, 6.45) is 10.5. The summed E-state index contributed by atoms with van der Waals surface area (Å²) in [4.78, 5) is 36.9. The molecule has 13 heteroatoms. The topological polar surface area (TPSA) is 130 Å². The molecule has 2 aromatic heterocycles. The molecule has 1 saturated carbocycles. The van der Waals surface area contributed by atoms with Gasteiger partial charge >= 0.3 is 0 Å². The van der Waals surface area contributed by atoms with Crippen LogP contribution in [0.5, 0.6) is 11.6 Å². The normalized spacial score (nSPS) is 20.1. The number of rotatable bonds is 10. The van der Waals surface area contributed by atoms with Crippen molar-refractivity contribution in [2.75, 3.05) is 37.6 Å². The Bertz CT molecular complexity index is 1540. The maximum Gasteiger partial charge on any atom is 0.282 e. The molecule has 0 unspecified atom stereocenters. The molecule has 3 aromatic rings. The predicted octanol–water partition coefficient (Wildman–Crippen LogP) is 5.33. The third kappa shape index (κ3) is 7.61. The number of anilines is 1. The van der Waals surface area contributed by atoms with Gasteiger partial charge in [0.15, 0.2) is 11.5 Å². The average Bonchev–Trinajstić information content (AvgIpc) is 3.78. The van der Waals surface area contributed by atoms with Crippen LogP contribution < -0.4 is 15.0 Å². The summed E-state index contributed by atoms with van der Waals surface area (Å²) in [7, 11) is 0. The van der Waals surface area contributed by atoms with E-state index in [4.69, 9.17) is 9.26 Å². The van der Waals surface area contributed by atoms with Crippen LogP contribution in [0.25, 0.3) is 0 Å². The zero-order valence-corrected chi connectivity index (χ0v) is 28.4. The fourth-order valence-electron chi connectivity index (χ4n) is 7.82. The van der Waals surface area contributed by atoms with Crippen LogP contribution in [0.3, 0.4) is 0 Å². The second kappa shape index (κ2) is 14.6. The van der Waals surface area contributed by atoms with E-state index in [1.807, 2.05) is 27.7 Å². The van der Waals surface area contributed by atoms with Crippen molar-refractivity contribution < 1.29 is 23.2 Å². The van der Waals surface area contributed by atoms with Crippen molar-refractivity contribution >= 4 is 17.6 Å². The van der Waals surface area contributed by atoms with Gasteiger partial charge in [-0.15, -0.1) is 10.2 Å². The van der Waals surface area contributed by atoms with E-state index in [1.54, 1.807) is 11.0 Å². The molecule has 1 atom stereocenters. The molecular formula is C35H47FN8O4. The maximum atomic E-state index is 14.4. The van der Waals surface area contributed by atoms with Gasteiger partial charge in [-0.05, 0) is 115 Å². The van der Waals surface area contributed by atoms with Gasteiger partial charge in [-0.3, -0.25) is 9.59 Å². The molecule has 1 spiro atoms. The molecule has 3 aliphatic rings. The number of likely N-dealkylation sites (tertiary alicyclic amines) is 1. The van der Waals surface area contributed by atoms with Crippen molar-refractivity contribution in [3.05, 3.63) is 53.9 Å². The van der Waals surface area contributed by atoms with Crippen LogP contribution in [-0.2, 0) is 0 Å². The molecule has 1 aromatic carbocycles. The second-order valence-electron chi connectivity index (χ2n) is 14.3. The number of nitrogens with zero attached hydrogens (tertiary/aromatic N) is 7. The number of benzene rings is 1. The highest BCUT2D eigenvalue weighted by molar-refractivity contribution is 5.97. The first-order valence-corrected chi connectivity index (χ1v) is 17.3. The van der Waals surface area contributed by atoms with E-state index >= 15 is 0 Å². The fraction of sp³-hybridized carbons (Fsp3) is 0.600. The minimum atomic E-state index is -0.512. The molecule has 3 fully saturated rings. The number of amides is 2. The summed E-state index contributed by atoms with van der Waals surface area (Å²) in [6, 6.07) is 5.61. The first-order valence-electron chi connectivity index (χ1n) is 17.3. The molecule has 1 N–H and O–H groups in total. The van der Waals surface area contributed by atoms with E-state index in [0.717, 1.165) is 64.8 Å². The number of hydrogen-bond acceptors (Lipinski definition) is 10. The average molecular weight is 663 g/mol. The third-order valence-corrected chi connectivity index (χ3v) is 10.4. The van der Waals surface area contributed by atoms with Crippen LogP contribution in [-0.4, -0.2) is 92.8 Å².